The molecule has 1 amide bonds. The zero-order valence-corrected chi connectivity index (χ0v) is 19.8. The van der Waals surface area contributed by atoms with Crippen molar-refractivity contribution in [2.75, 3.05) is 32.8 Å². The number of H-pyrrole nitrogens is 1. The van der Waals surface area contributed by atoms with Crippen molar-refractivity contribution >= 4 is 17.5 Å². The Hall–Kier alpha value is -3.09. The van der Waals surface area contributed by atoms with Gasteiger partial charge >= 0.3 is 6.18 Å². The fourth-order valence-electron chi connectivity index (χ4n) is 4.63. The van der Waals surface area contributed by atoms with Crippen LogP contribution in [0.4, 0.5) is 17.6 Å². The van der Waals surface area contributed by atoms with Crippen molar-refractivity contribution in [1.82, 2.24) is 30.2 Å². The lowest BCUT2D eigenvalue weighted by molar-refractivity contribution is -0.142. The highest BCUT2D eigenvalue weighted by Gasteiger charge is 2.45. The second kappa shape index (κ2) is 9.09. The summed E-state index contributed by atoms with van der Waals surface area (Å²) in [7, 11) is 0. The van der Waals surface area contributed by atoms with Crippen LogP contribution < -0.4 is 0 Å². The summed E-state index contributed by atoms with van der Waals surface area (Å²) < 4.78 is 58.3. The van der Waals surface area contributed by atoms with Crippen LogP contribution >= 0.6 is 11.6 Å². The van der Waals surface area contributed by atoms with E-state index in [-0.39, 0.29) is 28.7 Å². The van der Waals surface area contributed by atoms with Crippen LogP contribution in [0.15, 0.2) is 36.5 Å². The number of piperazine rings is 1. The minimum atomic E-state index is -4.56. The molecular weight excluding hydrogens is 504 g/mol. The number of fused-ring (bicyclic) bond motifs is 1. The predicted octanol–water partition coefficient (Wildman–Crippen LogP) is 3.97. The number of benzene rings is 1. The van der Waals surface area contributed by atoms with Crippen LogP contribution in [0.5, 0.6) is 0 Å². The van der Waals surface area contributed by atoms with E-state index in [0.717, 1.165) is 6.07 Å². The smallest absolute Gasteiger partial charge is 0.369 e. The van der Waals surface area contributed by atoms with Crippen LogP contribution in [-0.2, 0) is 10.9 Å². The lowest BCUT2D eigenvalue weighted by Crippen LogP contribution is -2.66. The second-order valence-electron chi connectivity index (χ2n) is 9.08. The van der Waals surface area contributed by atoms with Gasteiger partial charge in [-0.15, -0.1) is 5.10 Å². The third kappa shape index (κ3) is 4.44. The highest BCUT2D eigenvalue weighted by Crippen LogP contribution is 2.36. The highest BCUT2D eigenvalue weighted by atomic mass is 35.5. The van der Waals surface area contributed by atoms with Gasteiger partial charge in [-0.25, -0.2) is 0 Å². The van der Waals surface area contributed by atoms with Gasteiger partial charge in [0.15, 0.2) is 5.69 Å². The second-order valence-corrected chi connectivity index (χ2v) is 9.45. The lowest BCUT2D eigenvalue weighted by Gasteiger charge is -2.52. The molecule has 2 fully saturated rings. The number of hydrogen-bond acceptors (Lipinski definition) is 6. The third-order valence-corrected chi connectivity index (χ3v) is 7.03. The Bertz CT molecular complexity index is 1280. The standard InChI is InChI=1S/C23H21ClF4N6O2/c1-22-11-33(21(35)14-4-2-3-13(19(14)24)15-9-29-32-20(15)25)7-8-34(22)10-17(36-12-22)16-5-6-18(31-30-16)23(26,27)28/h2-6,9,17H,7-8,10-12H2,1H3,(H,29,32)/t17-,22-/m0/s1. The van der Waals surface area contributed by atoms with Gasteiger partial charge in [-0.05, 0) is 25.1 Å². The van der Waals surface area contributed by atoms with Gasteiger partial charge in [0.05, 0.1) is 40.2 Å². The summed E-state index contributed by atoms with van der Waals surface area (Å²) in [6, 6.07) is 7.02. The first-order valence-corrected chi connectivity index (χ1v) is 11.5. The van der Waals surface area contributed by atoms with Gasteiger partial charge in [0.1, 0.15) is 6.10 Å². The fourth-order valence-corrected chi connectivity index (χ4v) is 4.94. The van der Waals surface area contributed by atoms with Gasteiger partial charge in [0.25, 0.3) is 5.91 Å². The topological polar surface area (TPSA) is 87.2 Å². The first-order valence-electron chi connectivity index (χ1n) is 11.1. The molecule has 8 nitrogen and oxygen atoms in total. The van der Waals surface area contributed by atoms with E-state index in [1.165, 1.54) is 12.3 Å². The monoisotopic (exact) mass is 524 g/mol. The largest absolute Gasteiger partial charge is 0.435 e. The molecule has 5 rings (SSSR count). The minimum absolute atomic E-state index is 0.135. The maximum absolute atomic E-state index is 14.0. The number of hydrogen-bond donors (Lipinski definition) is 1. The van der Waals surface area contributed by atoms with Gasteiger partial charge in [-0.1, -0.05) is 23.7 Å². The SMILES string of the molecule is C[C@]12CO[C@H](c3ccc(C(F)(F)F)nn3)CN1CCN(C(=O)c1cccc(-c3cn[nH]c3F)c1Cl)C2. The van der Waals surface area contributed by atoms with E-state index in [0.29, 0.717) is 37.4 Å². The van der Waals surface area contributed by atoms with Gasteiger partial charge < -0.3 is 9.64 Å². The first kappa shape index (κ1) is 24.6. The van der Waals surface area contributed by atoms with E-state index < -0.39 is 29.5 Å². The maximum Gasteiger partial charge on any atom is 0.435 e. The van der Waals surface area contributed by atoms with Crippen molar-refractivity contribution in [3.63, 3.8) is 0 Å². The predicted molar refractivity (Wildman–Crippen MR) is 121 cm³/mol. The van der Waals surface area contributed by atoms with Crippen LogP contribution in [0.2, 0.25) is 5.02 Å². The average molecular weight is 525 g/mol. The number of alkyl halides is 3. The Labute approximate surface area is 208 Å². The number of aromatic amines is 1. The number of carbonyl (C=O) groups is 1. The molecule has 36 heavy (non-hydrogen) atoms. The van der Waals surface area contributed by atoms with E-state index in [1.54, 1.807) is 23.1 Å². The third-order valence-electron chi connectivity index (χ3n) is 6.62. The molecule has 0 aliphatic carbocycles. The molecule has 0 bridgehead atoms. The number of nitrogens with one attached hydrogen (secondary N) is 1. The van der Waals surface area contributed by atoms with Crippen molar-refractivity contribution in [2.45, 2.75) is 24.7 Å². The normalized spacial score (nSPS) is 22.9. The molecule has 1 aromatic carbocycles. The summed E-state index contributed by atoms with van der Waals surface area (Å²) in [4.78, 5) is 17.2. The first-order chi connectivity index (χ1) is 17.1. The van der Waals surface area contributed by atoms with Crippen LogP contribution in [0, 0.1) is 5.95 Å². The van der Waals surface area contributed by atoms with E-state index in [1.807, 2.05) is 6.92 Å². The molecule has 190 valence electrons. The zero-order chi connectivity index (χ0) is 25.7. The number of carbonyl (C=O) groups excluding carboxylic acids is 1. The summed E-state index contributed by atoms with van der Waals surface area (Å²) in [5.74, 6) is -0.934. The molecule has 4 heterocycles. The molecule has 13 heteroatoms. The Morgan fingerprint density at radius 2 is 2.00 bits per heavy atom. The molecule has 2 aliphatic heterocycles. The molecule has 2 saturated heterocycles. The van der Waals surface area contributed by atoms with Crippen molar-refractivity contribution in [3.05, 3.63) is 64.5 Å². The van der Waals surface area contributed by atoms with Gasteiger partial charge in [0.2, 0.25) is 5.95 Å². The number of ether oxygens (including phenoxy) is 1. The van der Waals surface area contributed by atoms with Crippen LogP contribution in [0.3, 0.4) is 0 Å². The quantitative estimate of drug-likeness (QED) is 0.522. The van der Waals surface area contributed by atoms with E-state index in [9.17, 15) is 22.4 Å². The Balaban J connectivity index is 1.30. The van der Waals surface area contributed by atoms with Crippen molar-refractivity contribution in [1.29, 1.82) is 0 Å². The van der Waals surface area contributed by atoms with Gasteiger partial charge in [0, 0.05) is 31.7 Å². The van der Waals surface area contributed by atoms with Crippen molar-refractivity contribution in [2.24, 2.45) is 0 Å². The maximum atomic E-state index is 14.0. The molecule has 3 aromatic rings. The molecule has 2 aromatic heterocycles. The summed E-state index contributed by atoms with van der Waals surface area (Å²) in [5.41, 5.74) is -0.480. The number of morpholine rings is 1. The zero-order valence-electron chi connectivity index (χ0n) is 19.0. The summed E-state index contributed by atoms with van der Waals surface area (Å²) in [6.07, 6.45) is -3.79. The molecule has 1 N–H and O–H groups in total. The van der Waals surface area contributed by atoms with Crippen molar-refractivity contribution in [3.8, 4) is 11.1 Å². The number of halogens is 5. The summed E-state index contributed by atoms with van der Waals surface area (Å²) in [6.45, 7) is 3.86. The number of nitrogens with zero attached hydrogens (tertiary/aromatic N) is 5. The Kier molecular flexibility index (Phi) is 6.21. The van der Waals surface area contributed by atoms with Gasteiger partial charge in [-0.2, -0.15) is 27.8 Å². The van der Waals surface area contributed by atoms with E-state index in [4.69, 9.17) is 16.3 Å². The molecule has 2 atom stereocenters. The molecule has 0 unspecified atom stereocenters. The lowest BCUT2D eigenvalue weighted by atomic mass is 9.93. The van der Waals surface area contributed by atoms with Crippen LogP contribution in [-0.4, -0.2) is 74.4 Å². The Morgan fingerprint density at radius 1 is 1.19 bits per heavy atom. The highest BCUT2D eigenvalue weighted by molar-refractivity contribution is 6.36. The number of amides is 1. The molecular formula is C23H21ClF4N6O2. The number of aromatic nitrogens is 4. The van der Waals surface area contributed by atoms with Crippen LogP contribution in [0.1, 0.15) is 34.8 Å². The Morgan fingerprint density at radius 3 is 2.67 bits per heavy atom. The van der Waals surface area contributed by atoms with E-state index >= 15 is 0 Å². The van der Waals surface area contributed by atoms with Gasteiger partial charge in [-0.3, -0.25) is 14.8 Å². The van der Waals surface area contributed by atoms with Crippen molar-refractivity contribution < 1.29 is 27.1 Å². The summed E-state index contributed by atoms with van der Waals surface area (Å²) in [5, 5.41) is 13.0. The van der Waals surface area contributed by atoms with Crippen LogP contribution in [0.25, 0.3) is 11.1 Å². The molecule has 2 aliphatic rings. The molecule has 0 spiro atoms. The summed E-state index contributed by atoms with van der Waals surface area (Å²) >= 11 is 6.51. The number of rotatable bonds is 3. The molecule has 0 radical (unpaired) electrons. The average Bonchev–Trinajstić information content (AvgIpc) is 3.28. The van der Waals surface area contributed by atoms with E-state index in [2.05, 4.69) is 25.3 Å². The minimum Gasteiger partial charge on any atom is -0.369 e. The molecule has 0 saturated carbocycles. The fraction of sp³-hybridized carbons (Fsp3) is 0.391.